The zero-order chi connectivity index (χ0) is 14.2. The first-order valence-electron chi connectivity index (χ1n) is 6.51. The van der Waals surface area contributed by atoms with Gasteiger partial charge in [0.1, 0.15) is 5.75 Å². The molecule has 0 unspecified atom stereocenters. The van der Waals surface area contributed by atoms with Crippen LogP contribution >= 0.6 is 27.3 Å². The first kappa shape index (κ1) is 12.8. The Bertz CT molecular complexity index is 915. The maximum atomic E-state index is 5.90. The molecule has 0 saturated carbocycles. The van der Waals surface area contributed by atoms with E-state index in [1.807, 2.05) is 36.4 Å². The van der Waals surface area contributed by atoms with Gasteiger partial charge in [0, 0.05) is 4.47 Å². The van der Waals surface area contributed by atoms with Gasteiger partial charge in [-0.05, 0) is 47.2 Å². The van der Waals surface area contributed by atoms with Gasteiger partial charge in [-0.2, -0.15) is 0 Å². The van der Waals surface area contributed by atoms with Gasteiger partial charge in [0.05, 0.1) is 10.2 Å². The van der Waals surface area contributed by atoms with Crippen LogP contribution < -0.4 is 4.74 Å². The van der Waals surface area contributed by atoms with Gasteiger partial charge in [0.15, 0.2) is 0 Å². The lowest BCUT2D eigenvalue weighted by Crippen LogP contribution is -1.83. The number of fused-ring (bicyclic) bond motifs is 2. The molecule has 102 valence electrons. The topological polar surface area (TPSA) is 22.1 Å². The molecule has 0 aliphatic rings. The fourth-order valence-corrected chi connectivity index (χ4v) is 3.47. The molecule has 0 saturated heterocycles. The number of ether oxygens (including phenoxy) is 1. The molecule has 0 bridgehead atoms. The molecule has 0 aliphatic heterocycles. The highest BCUT2D eigenvalue weighted by atomic mass is 79.9. The number of rotatable bonds is 2. The minimum atomic E-state index is 0.674. The molecular formula is C17H10BrNOS. The molecule has 0 N–H and O–H groups in total. The van der Waals surface area contributed by atoms with Crippen molar-refractivity contribution in [2.24, 2.45) is 0 Å². The first-order chi connectivity index (χ1) is 10.3. The SMILES string of the molecule is Brc1ccc2cc(Oc3nc4ccccc4s3)ccc2c1. The van der Waals surface area contributed by atoms with Crippen LogP contribution in [0.3, 0.4) is 0 Å². The smallest absolute Gasteiger partial charge is 0.279 e. The van der Waals surface area contributed by atoms with Gasteiger partial charge in [0.2, 0.25) is 0 Å². The summed E-state index contributed by atoms with van der Waals surface area (Å²) < 4.78 is 8.11. The molecule has 0 radical (unpaired) electrons. The summed E-state index contributed by atoms with van der Waals surface area (Å²) in [7, 11) is 0. The Kier molecular flexibility index (Phi) is 3.13. The molecule has 4 heteroatoms. The van der Waals surface area contributed by atoms with E-state index in [1.165, 1.54) is 5.39 Å². The van der Waals surface area contributed by atoms with Crippen LogP contribution in [0.5, 0.6) is 10.9 Å². The Labute approximate surface area is 134 Å². The molecule has 0 amide bonds. The minimum absolute atomic E-state index is 0.674. The number of hydrogen-bond acceptors (Lipinski definition) is 3. The van der Waals surface area contributed by atoms with E-state index in [4.69, 9.17) is 4.74 Å². The Balaban J connectivity index is 1.71. The summed E-state index contributed by atoms with van der Waals surface area (Å²) in [6.07, 6.45) is 0. The number of aromatic nitrogens is 1. The molecular weight excluding hydrogens is 346 g/mol. The maximum Gasteiger partial charge on any atom is 0.279 e. The number of thiazole rings is 1. The van der Waals surface area contributed by atoms with Gasteiger partial charge >= 0.3 is 0 Å². The van der Waals surface area contributed by atoms with Crippen LogP contribution in [0.15, 0.2) is 65.1 Å². The molecule has 3 aromatic carbocycles. The Hall–Kier alpha value is -1.91. The van der Waals surface area contributed by atoms with E-state index in [-0.39, 0.29) is 0 Å². The highest BCUT2D eigenvalue weighted by Gasteiger charge is 2.06. The number of hydrogen-bond donors (Lipinski definition) is 0. The number of para-hydroxylation sites is 1. The molecule has 1 heterocycles. The maximum absolute atomic E-state index is 5.90. The van der Waals surface area contributed by atoms with E-state index in [0.29, 0.717) is 5.19 Å². The summed E-state index contributed by atoms with van der Waals surface area (Å²) >= 11 is 5.04. The van der Waals surface area contributed by atoms with Crippen molar-refractivity contribution < 1.29 is 4.74 Å². The van der Waals surface area contributed by atoms with Crippen LogP contribution in [-0.2, 0) is 0 Å². The van der Waals surface area contributed by atoms with Crippen molar-refractivity contribution in [2.45, 2.75) is 0 Å². The molecule has 4 rings (SSSR count). The molecule has 1 aromatic heterocycles. The van der Waals surface area contributed by atoms with Gasteiger partial charge in [-0.25, -0.2) is 4.98 Å². The highest BCUT2D eigenvalue weighted by molar-refractivity contribution is 9.10. The van der Waals surface area contributed by atoms with Crippen molar-refractivity contribution in [3.05, 3.63) is 65.1 Å². The van der Waals surface area contributed by atoms with Crippen molar-refractivity contribution in [1.82, 2.24) is 4.98 Å². The summed E-state index contributed by atoms with van der Waals surface area (Å²) in [6.45, 7) is 0. The van der Waals surface area contributed by atoms with Crippen LogP contribution in [0.1, 0.15) is 0 Å². The molecule has 0 atom stereocenters. The lowest BCUT2D eigenvalue weighted by molar-refractivity contribution is 0.481. The van der Waals surface area contributed by atoms with Gasteiger partial charge in [-0.1, -0.05) is 51.5 Å². The average Bonchev–Trinajstić information content (AvgIpc) is 2.89. The summed E-state index contributed by atoms with van der Waals surface area (Å²) in [5.41, 5.74) is 0.974. The predicted octanol–water partition coefficient (Wildman–Crippen LogP) is 6.00. The molecule has 21 heavy (non-hydrogen) atoms. The predicted molar refractivity (Wildman–Crippen MR) is 91.3 cm³/mol. The minimum Gasteiger partial charge on any atom is -0.431 e. The second-order valence-corrected chi connectivity index (χ2v) is 6.61. The van der Waals surface area contributed by atoms with E-state index in [9.17, 15) is 0 Å². The Morgan fingerprint density at radius 1 is 0.905 bits per heavy atom. The first-order valence-corrected chi connectivity index (χ1v) is 8.12. The van der Waals surface area contributed by atoms with Crippen molar-refractivity contribution in [3.8, 4) is 10.9 Å². The lowest BCUT2D eigenvalue weighted by Gasteiger charge is -2.04. The molecule has 2 nitrogen and oxygen atoms in total. The third-order valence-electron chi connectivity index (χ3n) is 3.25. The summed E-state index contributed by atoms with van der Waals surface area (Å²) in [6, 6.07) is 20.3. The van der Waals surface area contributed by atoms with Gasteiger partial charge < -0.3 is 4.74 Å². The number of nitrogens with zero attached hydrogens (tertiary/aromatic N) is 1. The van der Waals surface area contributed by atoms with Gasteiger partial charge in [-0.15, -0.1) is 0 Å². The van der Waals surface area contributed by atoms with Crippen molar-refractivity contribution >= 4 is 48.3 Å². The second kappa shape index (κ2) is 5.13. The number of benzene rings is 3. The summed E-state index contributed by atoms with van der Waals surface area (Å²) in [5.74, 6) is 0.809. The van der Waals surface area contributed by atoms with E-state index in [1.54, 1.807) is 11.3 Å². The fourth-order valence-electron chi connectivity index (χ4n) is 2.25. The van der Waals surface area contributed by atoms with Crippen LogP contribution in [0.25, 0.3) is 21.0 Å². The summed E-state index contributed by atoms with van der Waals surface area (Å²) in [5, 5.41) is 3.01. The monoisotopic (exact) mass is 355 g/mol. The third kappa shape index (κ3) is 2.52. The van der Waals surface area contributed by atoms with Crippen molar-refractivity contribution in [1.29, 1.82) is 0 Å². The molecule has 0 spiro atoms. The quantitative estimate of drug-likeness (QED) is 0.439. The van der Waals surface area contributed by atoms with E-state index in [2.05, 4.69) is 45.2 Å². The van der Waals surface area contributed by atoms with Crippen LogP contribution in [0.4, 0.5) is 0 Å². The summed E-state index contributed by atoms with van der Waals surface area (Å²) in [4.78, 5) is 4.49. The average molecular weight is 356 g/mol. The van der Waals surface area contributed by atoms with Crippen LogP contribution in [0, 0.1) is 0 Å². The third-order valence-corrected chi connectivity index (χ3v) is 4.66. The Morgan fingerprint density at radius 2 is 1.71 bits per heavy atom. The molecule has 4 aromatic rings. The van der Waals surface area contributed by atoms with Crippen LogP contribution in [0.2, 0.25) is 0 Å². The van der Waals surface area contributed by atoms with Gasteiger partial charge in [0.25, 0.3) is 5.19 Å². The second-order valence-electron chi connectivity index (χ2n) is 4.70. The van der Waals surface area contributed by atoms with E-state index < -0.39 is 0 Å². The van der Waals surface area contributed by atoms with Crippen LogP contribution in [-0.4, -0.2) is 4.98 Å². The van der Waals surface area contributed by atoms with Crippen molar-refractivity contribution in [2.75, 3.05) is 0 Å². The number of halogens is 1. The van der Waals surface area contributed by atoms with Crippen molar-refractivity contribution in [3.63, 3.8) is 0 Å². The highest BCUT2D eigenvalue weighted by Crippen LogP contribution is 2.32. The van der Waals surface area contributed by atoms with Gasteiger partial charge in [-0.3, -0.25) is 0 Å². The Morgan fingerprint density at radius 3 is 2.62 bits per heavy atom. The van der Waals surface area contributed by atoms with E-state index in [0.717, 1.165) is 25.8 Å². The zero-order valence-corrected chi connectivity index (χ0v) is 13.3. The molecule has 0 aliphatic carbocycles. The standard InChI is InChI=1S/C17H10BrNOS/c18-13-7-5-12-10-14(8-6-11(12)9-13)20-17-19-15-3-1-2-4-16(15)21-17/h1-10H. The van der Waals surface area contributed by atoms with E-state index >= 15 is 0 Å². The zero-order valence-electron chi connectivity index (χ0n) is 10.9. The normalized spacial score (nSPS) is 11.1. The largest absolute Gasteiger partial charge is 0.431 e. The molecule has 0 fully saturated rings. The lowest BCUT2D eigenvalue weighted by atomic mass is 10.1. The fraction of sp³-hybridized carbons (Fsp3) is 0.